The van der Waals surface area contributed by atoms with Crippen molar-refractivity contribution in [2.75, 3.05) is 19.6 Å². The van der Waals surface area contributed by atoms with E-state index in [0.717, 1.165) is 31.2 Å². The van der Waals surface area contributed by atoms with Crippen LogP contribution in [0.4, 0.5) is 0 Å². The zero-order valence-electron chi connectivity index (χ0n) is 14.0. The summed E-state index contributed by atoms with van der Waals surface area (Å²) in [6, 6.07) is 0.0961. The second-order valence-electron chi connectivity index (χ2n) is 6.47. The van der Waals surface area contributed by atoms with Crippen LogP contribution < -0.4 is 5.32 Å². The molecule has 6 heteroatoms. The van der Waals surface area contributed by atoms with Gasteiger partial charge in [0, 0.05) is 26.2 Å². The molecule has 0 spiro atoms. The monoisotopic (exact) mass is 326 g/mol. The lowest BCUT2D eigenvalue weighted by atomic mass is 10.00. The Hall–Kier alpha value is -1.07. The van der Waals surface area contributed by atoms with Crippen LogP contribution in [0.25, 0.3) is 0 Å². The molecule has 5 nitrogen and oxygen atoms in total. The minimum absolute atomic E-state index is 0.0961. The standard InChI is InChI=1S/C16H27ClN4O/c1-5-13-14(15(17)20(4)19-13)16(22)18-12(3)10-21-8-6-7-11(2)9-21/h11-12H,5-10H2,1-4H3,(H,18,22). The number of piperidine rings is 1. The van der Waals surface area contributed by atoms with E-state index in [-0.39, 0.29) is 11.9 Å². The second-order valence-corrected chi connectivity index (χ2v) is 6.83. The Kier molecular flexibility index (Phi) is 5.87. The van der Waals surface area contributed by atoms with Crippen LogP contribution in [0, 0.1) is 5.92 Å². The van der Waals surface area contributed by atoms with Crippen molar-refractivity contribution in [3.8, 4) is 0 Å². The summed E-state index contributed by atoms with van der Waals surface area (Å²) >= 11 is 6.21. The summed E-state index contributed by atoms with van der Waals surface area (Å²) in [5.41, 5.74) is 1.27. The van der Waals surface area contributed by atoms with Gasteiger partial charge >= 0.3 is 0 Å². The number of halogens is 1. The first kappa shape index (κ1) is 17.3. The highest BCUT2D eigenvalue weighted by Crippen LogP contribution is 2.20. The van der Waals surface area contributed by atoms with Crippen LogP contribution in [0.2, 0.25) is 5.15 Å². The van der Waals surface area contributed by atoms with Gasteiger partial charge in [0.2, 0.25) is 0 Å². The Balaban J connectivity index is 1.96. The Bertz CT molecular complexity index is 528. The molecule has 0 saturated carbocycles. The van der Waals surface area contributed by atoms with Crippen LogP contribution in [-0.4, -0.2) is 46.3 Å². The van der Waals surface area contributed by atoms with E-state index in [1.165, 1.54) is 12.8 Å². The molecule has 1 aromatic heterocycles. The molecule has 124 valence electrons. The van der Waals surface area contributed by atoms with Gasteiger partial charge in [0.05, 0.1) is 11.3 Å². The Morgan fingerprint density at radius 1 is 1.55 bits per heavy atom. The predicted octanol–water partition coefficient (Wildman–Crippen LogP) is 2.49. The van der Waals surface area contributed by atoms with E-state index >= 15 is 0 Å². The van der Waals surface area contributed by atoms with E-state index in [2.05, 4.69) is 22.2 Å². The quantitative estimate of drug-likeness (QED) is 0.904. The van der Waals surface area contributed by atoms with E-state index in [9.17, 15) is 4.79 Å². The van der Waals surface area contributed by atoms with Gasteiger partial charge in [0.15, 0.2) is 0 Å². The number of carbonyl (C=O) groups excluding carboxylic acids is 1. The fourth-order valence-electron chi connectivity index (χ4n) is 3.21. The molecule has 1 aliphatic rings. The molecule has 1 fully saturated rings. The number of amides is 1. The molecule has 0 bridgehead atoms. The molecular weight excluding hydrogens is 300 g/mol. The number of nitrogens with zero attached hydrogens (tertiary/aromatic N) is 3. The van der Waals surface area contributed by atoms with Gasteiger partial charge in [-0.05, 0) is 38.6 Å². The van der Waals surface area contributed by atoms with Crippen LogP contribution in [-0.2, 0) is 13.5 Å². The predicted molar refractivity (Wildman–Crippen MR) is 89.4 cm³/mol. The zero-order valence-corrected chi connectivity index (χ0v) is 14.8. The third-order valence-corrected chi connectivity index (χ3v) is 4.70. The molecule has 22 heavy (non-hydrogen) atoms. The van der Waals surface area contributed by atoms with Gasteiger partial charge < -0.3 is 10.2 Å². The molecule has 0 radical (unpaired) electrons. The number of aryl methyl sites for hydroxylation is 2. The summed E-state index contributed by atoms with van der Waals surface area (Å²) in [6.45, 7) is 9.45. The number of hydrogen-bond acceptors (Lipinski definition) is 3. The molecule has 1 N–H and O–H groups in total. The maximum absolute atomic E-state index is 12.5. The number of aromatic nitrogens is 2. The van der Waals surface area contributed by atoms with Gasteiger partial charge in [-0.3, -0.25) is 9.48 Å². The lowest BCUT2D eigenvalue weighted by Crippen LogP contribution is -2.45. The van der Waals surface area contributed by atoms with Gasteiger partial charge in [-0.2, -0.15) is 5.10 Å². The Morgan fingerprint density at radius 2 is 2.27 bits per heavy atom. The van der Waals surface area contributed by atoms with Crippen molar-refractivity contribution in [1.29, 1.82) is 0 Å². The Labute approximate surface area is 138 Å². The van der Waals surface area contributed by atoms with E-state index in [4.69, 9.17) is 11.6 Å². The van der Waals surface area contributed by atoms with Crippen LogP contribution >= 0.6 is 11.6 Å². The van der Waals surface area contributed by atoms with Gasteiger partial charge in [0.25, 0.3) is 5.91 Å². The fourth-order valence-corrected chi connectivity index (χ4v) is 3.44. The lowest BCUT2D eigenvalue weighted by molar-refractivity contribution is 0.0919. The largest absolute Gasteiger partial charge is 0.348 e. The van der Waals surface area contributed by atoms with Crippen LogP contribution in [0.5, 0.6) is 0 Å². The lowest BCUT2D eigenvalue weighted by Gasteiger charge is -2.32. The normalized spacial score (nSPS) is 20.9. The molecule has 0 aliphatic carbocycles. The van der Waals surface area contributed by atoms with Crippen LogP contribution in [0.15, 0.2) is 0 Å². The number of carbonyl (C=O) groups is 1. The maximum atomic E-state index is 12.5. The molecule has 0 aromatic carbocycles. The second kappa shape index (κ2) is 7.47. The highest BCUT2D eigenvalue weighted by Gasteiger charge is 2.23. The topological polar surface area (TPSA) is 50.2 Å². The average Bonchev–Trinajstić information content (AvgIpc) is 2.74. The molecule has 2 rings (SSSR count). The first-order chi connectivity index (χ1) is 10.4. The smallest absolute Gasteiger partial charge is 0.256 e. The molecule has 2 atom stereocenters. The minimum atomic E-state index is -0.118. The summed E-state index contributed by atoms with van der Waals surface area (Å²) in [5, 5.41) is 7.78. The van der Waals surface area contributed by atoms with E-state index in [1.54, 1.807) is 11.7 Å². The SMILES string of the molecule is CCc1nn(C)c(Cl)c1C(=O)NC(C)CN1CCCC(C)C1. The molecule has 1 saturated heterocycles. The van der Waals surface area contributed by atoms with Crippen molar-refractivity contribution in [2.24, 2.45) is 13.0 Å². The molecule has 1 amide bonds. The average molecular weight is 327 g/mol. The summed E-state index contributed by atoms with van der Waals surface area (Å²) in [5.74, 6) is 0.628. The highest BCUT2D eigenvalue weighted by molar-refractivity contribution is 6.33. The third kappa shape index (κ3) is 4.02. The van der Waals surface area contributed by atoms with Gasteiger partial charge in [-0.1, -0.05) is 25.4 Å². The van der Waals surface area contributed by atoms with Crippen molar-refractivity contribution in [2.45, 2.75) is 46.1 Å². The maximum Gasteiger partial charge on any atom is 0.256 e. The zero-order chi connectivity index (χ0) is 16.3. The van der Waals surface area contributed by atoms with Crippen molar-refractivity contribution in [3.63, 3.8) is 0 Å². The van der Waals surface area contributed by atoms with Crippen LogP contribution in [0.3, 0.4) is 0 Å². The molecule has 1 aromatic rings. The first-order valence-electron chi connectivity index (χ1n) is 8.16. The van der Waals surface area contributed by atoms with Crippen molar-refractivity contribution in [3.05, 3.63) is 16.4 Å². The highest BCUT2D eigenvalue weighted by atomic mass is 35.5. The molecule has 2 heterocycles. The summed E-state index contributed by atoms with van der Waals surface area (Å²) in [6.07, 6.45) is 3.25. The Morgan fingerprint density at radius 3 is 2.91 bits per heavy atom. The fraction of sp³-hybridized carbons (Fsp3) is 0.750. The number of hydrogen-bond donors (Lipinski definition) is 1. The van der Waals surface area contributed by atoms with E-state index < -0.39 is 0 Å². The van der Waals surface area contributed by atoms with Gasteiger partial charge in [0.1, 0.15) is 5.15 Å². The number of nitrogens with one attached hydrogen (secondary N) is 1. The summed E-state index contributed by atoms with van der Waals surface area (Å²) in [7, 11) is 1.76. The van der Waals surface area contributed by atoms with Crippen molar-refractivity contribution < 1.29 is 4.79 Å². The van der Waals surface area contributed by atoms with E-state index in [1.807, 2.05) is 13.8 Å². The molecule has 2 unspecified atom stereocenters. The van der Waals surface area contributed by atoms with Crippen LogP contribution in [0.1, 0.15) is 49.7 Å². The van der Waals surface area contributed by atoms with Gasteiger partial charge in [-0.15, -0.1) is 0 Å². The minimum Gasteiger partial charge on any atom is -0.348 e. The number of rotatable bonds is 5. The molecule has 1 aliphatic heterocycles. The van der Waals surface area contributed by atoms with Crippen molar-refractivity contribution >= 4 is 17.5 Å². The van der Waals surface area contributed by atoms with Gasteiger partial charge in [-0.25, -0.2) is 0 Å². The number of likely N-dealkylation sites (tertiary alicyclic amines) is 1. The van der Waals surface area contributed by atoms with E-state index in [0.29, 0.717) is 17.1 Å². The summed E-state index contributed by atoms with van der Waals surface area (Å²) < 4.78 is 1.56. The third-order valence-electron chi connectivity index (χ3n) is 4.26. The molecular formula is C16H27ClN4O. The van der Waals surface area contributed by atoms with Crippen molar-refractivity contribution in [1.82, 2.24) is 20.0 Å². The summed E-state index contributed by atoms with van der Waals surface area (Å²) in [4.78, 5) is 14.9. The first-order valence-corrected chi connectivity index (χ1v) is 8.54.